The van der Waals surface area contributed by atoms with Crippen molar-refractivity contribution in [2.75, 3.05) is 6.54 Å². The van der Waals surface area contributed by atoms with Crippen LogP contribution < -0.4 is 11.1 Å². The summed E-state index contributed by atoms with van der Waals surface area (Å²) in [5, 5.41) is 3.42. The van der Waals surface area contributed by atoms with Crippen LogP contribution in [0.25, 0.3) is 0 Å². The summed E-state index contributed by atoms with van der Waals surface area (Å²) >= 11 is 0. The van der Waals surface area contributed by atoms with Gasteiger partial charge in [0.2, 0.25) is 0 Å². The number of furan rings is 1. The highest BCUT2D eigenvalue weighted by Crippen LogP contribution is 2.10. The van der Waals surface area contributed by atoms with Crippen LogP contribution in [0.2, 0.25) is 0 Å². The molecule has 3 heteroatoms. The van der Waals surface area contributed by atoms with E-state index in [0.717, 1.165) is 24.5 Å². The molecule has 1 aromatic rings. The van der Waals surface area contributed by atoms with Crippen molar-refractivity contribution in [2.24, 2.45) is 5.73 Å². The lowest BCUT2D eigenvalue weighted by Gasteiger charge is -2.25. The molecule has 0 aromatic carbocycles. The Morgan fingerprint density at radius 3 is 2.64 bits per heavy atom. The van der Waals surface area contributed by atoms with E-state index in [2.05, 4.69) is 19.2 Å². The zero-order valence-corrected chi connectivity index (χ0v) is 9.26. The van der Waals surface area contributed by atoms with Crippen molar-refractivity contribution < 1.29 is 4.42 Å². The van der Waals surface area contributed by atoms with Crippen molar-refractivity contribution >= 4 is 0 Å². The minimum Gasteiger partial charge on any atom is -0.465 e. The molecule has 0 aliphatic carbocycles. The summed E-state index contributed by atoms with van der Waals surface area (Å²) in [6.45, 7) is 7.72. The van der Waals surface area contributed by atoms with Crippen molar-refractivity contribution in [3.63, 3.8) is 0 Å². The van der Waals surface area contributed by atoms with Crippen molar-refractivity contribution in [3.05, 3.63) is 23.7 Å². The molecule has 0 saturated heterocycles. The Morgan fingerprint density at radius 1 is 1.43 bits per heavy atom. The molecule has 3 nitrogen and oxygen atoms in total. The van der Waals surface area contributed by atoms with Gasteiger partial charge in [0.15, 0.2) is 0 Å². The maximum Gasteiger partial charge on any atom is 0.117 e. The van der Waals surface area contributed by atoms with E-state index in [-0.39, 0.29) is 5.54 Å². The maximum absolute atomic E-state index is 5.52. The number of hydrogen-bond donors (Lipinski definition) is 2. The van der Waals surface area contributed by atoms with Crippen LogP contribution in [0.3, 0.4) is 0 Å². The number of nitrogens with one attached hydrogen (secondary N) is 1. The lowest BCUT2D eigenvalue weighted by molar-refractivity contribution is 0.342. The summed E-state index contributed by atoms with van der Waals surface area (Å²) in [5.74, 6) is 1.94. The maximum atomic E-state index is 5.52. The second-order valence-electron chi connectivity index (χ2n) is 4.29. The normalized spacial score (nSPS) is 12.0. The third kappa shape index (κ3) is 3.52. The van der Waals surface area contributed by atoms with Crippen molar-refractivity contribution in [3.8, 4) is 0 Å². The van der Waals surface area contributed by atoms with Crippen molar-refractivity contribution in [2.45, 2.75) is 39.3 Å². The molecule has 0 amide bonds. The Bertz CT molecular complexity index is 279. The first-order valence-electron chi connectivity index (χ1n) is 5.04. The summed E-state index contributed by atoms with van der Waals surface area (Å²) in [7, 11) is 0. The van der Waals surface area contributed by atoms with Gasteiger partial charge in [-0.05, 0) is 45.9 Å². The van der Waals surface area contributed by atoms with Gasteiger partial charge in [0.25, 0.3) is 0 Å². The molecule has 0 saturated carbocycles. The highest BCUT2D eigenvalue weighted by atomic mass is 16.3. The fraction of sp³-hybridized carbons (Fsp3) is 0.636. The second kappa shape index (κ2) is 4.62. The lowest BCUT2D eigenvalue weighted by atomic mass is 10.0. The lowest BCUT2D eigenvalue weighted by Crippen LogP contribution is -2.40. The highest BCUT2D eigenvalue weighted by Gasteiger charge is 2.15. The minimum atomic E-state index is 0.0788. The van der Waals surface area contributed by atoms with Gasteiger partial charge in [-0.25, -0.2) is 0 Å². The van der Waals surface area contributed by atoms with Gasteiger partial charge in [0.05, 0.1) is 6.54 Å². The zero-order chi connectivity index (χ0) is 10.6. The standard InChI is InChI=1S/C11H20N2O/c1-9-4-5-10(14-9)8-13-11(2,3)6-7-12/h4-5,13H,6-8,12H2,1-3H3. The fourth-order valence-electron chi connectivity index (χ4n) is 1.36. The third-order valence-electron chi connectivity index (χ3n) is 2.31. The van der Waals surface area contributed by atoms with Crippen LogP contribution in [-0.2, 0) is 6.54 Å². The van der Waals surface area contributed by atoms with E-state index in [4.69, 9.17) is 10.2 Å². The zero-order valence-electron chi connectivity index (χ0n) is 9.26. The Morgan fingerprint density at radius 2 is 2.14 bits per heavy atom. The van der Waals surface area contributed by atoms with E-state index in [0.29, 0.717) is 6.54 Å². The number of aryl methyl sites for hydroxylation is 1. The van der Waals surface area contributed by atoms with Gasteiger partial charge in [-0.3, -0.25) is 0 Å². The van der Waals surface area contributed by atoms with Gasteiger partial charge in [0.1, 0.15) is 11.5 Å². The summed E-state index contributed by atoms with van der Waals surface area (Å²) < 4.78 is 5.46. The SMILES string of the molecule is Cc1ccc(CNC(C)(C)CCN)o1. The van der Waals surface area contributed by atoms with Gasteiger partial charge in [-0.2, -0.15) is 0 Å². The Kier molecular flexibility index (Phi) is 3.72. The Balaban J connectivity index is 2.40. The third-order valence-corrected chi connectivity index (χ3v) is 2.31. The smallest absolute Gasteiger partial charge is 0.117 e. The molecular formula is C11H20N2O. The molecule has 0 fully saturated rings. The fourth-order valence-corrected chi connectivity index (χ4v) is 1.36. The average Bonchev–Trinajstić information content (AvgIpc) is 2.48. The first-order valence-corrected chi connectivity index (χ1v) is 5.04. The van der Waals surface area contributed by atoms with Gasteiger partial charge in [-0.15, -0.1) is 0 Å². The molecule has 1 aromatic heterocycles. The van der Waals surface area contributed by atoms with Crippen LogP contribution in [0.1, 0.15) is 31.8 Å². The van der Waals surface area contributed by atoms with Crippen molar-refractivity contribution in [1.29, 1.82) is 0 Å². The van der Waals surface area contributed by atoms with E-state index in [1.807, 2.05) is 19.1 Å². The molecule has 0 aliphatic rings. The summed E-state index contributed by atoms with van der Waals surface area (Å²) in [4.78, 5) is 0. The number of hydrogen-bond acceptors (Lipinski definition) is 3. The highest BCUT2D eigenvalue weighted by molar-refractivity contribution is 5.05. The van der Waals surface area contributed by atoms with Gasteiger partial charge in [0, 0.05) is 5.54 Å². The van der Waals surface area contributed by atoms with Crippen LogP contribution in [-0.4, -0.2) is 12.1 Å². The van der Waals surface area contributed by atoms with E-state index >= 15 is 0 Å². The molecule has 0 bridgehead atoms. The van der Waals surface area contributed by atoms with E-state index in [1.54, 1.807) is 0 Å². The first-order chi connectivity index (χ1) is 6.53. The quantitative estimate of drug-likeness (QED) is 0.755. The van der Waals surface area contributed by atoms with E-state index in [1.165, 1.54) is 0 Å². The molecule has 0 aliphatic heterocycles. The van der Waals surface area contributed by atoms with Crippen LogP contribution >= 0.6 is 0 Å². The van der Waals surface area contributed by atoms with Crippen LogP contribution in [0.15, 0.2) is 16.5 Å². The van der Waals surface area contributed by atoms with Gasteiger partial charge >= 0.3 is 0 Å². The number of nitrogens with two attached hydrogens (primary N) is 1. The Labute approximate surface area is 85.7 Å². The van der Waals surface area contributed by atoms with Gasteiger partial charge < -0.3 is 15.5 Å². The summed E-state index contributed by atoms with van der Waals surface area (Å²) in [6.07, 6.45) is 0.965. The topological polar surface area (TPSA) is 51.2 Å². The van der Waals surface area contributed by atoms with Crippen LogP contribution in [0, 0.1) is 6.92 Å². The number of rotatable bonds is 5. The molecular weight excluding hydrogens is 176 g/mol. The summed E-state index contributed by atoms with van der Waals surface area (Å²) in [5.41, 5.74) is 5.60. The Hall–Kier alpha value is -0.800. The van der Waals surface area contributed by atoms with E-state index in [9.17, 15) is 0 Å². The van der Waals surface area contributed by atoms with Gasteiger partial charge in [-0.1, -0.05) is 0 Å². The van der Waals surface area contributed by atoms with Crippen LogP contribution in [0.5, 0.6) is 0 Å². The largest absolute Gasteiger partial charge is 0.465 e. The predicted octanol–water partition coefficient (Wildman–Crippen LogP) is 1.81. The summed E-state index contributed by atoms with van der Waals surface area (Å²) in [6, 6.07) is 3.98. The molecule has 1 rings (SSSR count). The average molecular weight is 196 g/mol. The second-order valence-corrected chi connectivity index (χ2v) is 4.29. The van der Waals surface area contributed by atoms with Crippen molar-refractivity contribution in [1.82, 2.24) is 5.32 Å². The molecule has 0 spiro atoms. The molecule has 14 heavy (non-hydrogen) atoms. The molecule has 0 radical (unpaired) electrons. The predicted molar refractivity (Wildman–Crippen MR) is 58.0 cm³/mol. The molecule has 0 unspecified atom stereocenters. The molecule has 0 atom stereocenters. The molecule has 80 valence electrons. The minimum absolute atomic E-state index is 0.0788. The first kappa shape index (κ1) is 11.3. The van der Waals surface area contributed by atoms with E-state index < -0.39 is 0 Å². The monoisotopic (exact) mass is 196 g/mol. The molecule has 1 heterocycles. The van der Waals surface area contributed by atoms with Crippen LogP contribution in [0.4, 0.5) is 0 Å². The molecule has 3 N–H and O–H groups in total.